The summed E-state index contributed by atoms with van der Waals surface area (Å²) in [5.41, 5.74) is 0.815. The number of aliphatic hydroxyl groups is 1. The lowest BCUT2D eigenvalue weighted by atomic mass is 10.1. The van der Waals surface area contributed by atoms with Crippen LogP contribution < -0.4 is 10.0 Å². The van der Waals surface area contributed by atoms with Crippen molar-refractivity contribution in [3.8, 4) is 0 Å². The quantitative estimate of drug-likeness (QED) is 0.619. The van der Waals surface area contributed by atoms with E-state index in [0.717, 1.165) is 12.1 Å². The van der Waals surface area contributed by atoms with E-state index in [1.807, 2.05) is 0 Å². The minimum atomic E-state index is -3.93. The van der Waals surface area contributed by atoms with E-state index in [1.165, 1.54) is 10.4 Å². The Kier molecular flexibility index (Phi) is 5.95. The fourth-order valence-electron chi connectivity index (χ4n) is 3.91. The molecule has 0 aliphatic carbocycles. The van der Waals surface area contributed by atoms with Crippen molar-refractivity contribution in [2.75, 3.05) is 23.1 Å². The number of hydrogen-bond acceptors (Lipinski definition) is 4. The maximum absolute atomic E-state index is 13.5. The van der Waals surface area contributed by atoms with E-state index >= 15 is 0 Å². The van der Waals surface area contributed by atoms with Gasteiger partial charge < -0.3 is 15.0 Å². The number of hydrogen-bond donors (Lipinski definition) is 3. The van der Waals surface area contributed by atoms with Crippen LogP contribution in [0.1, 0.15) is 35.4 Å². The van der Waals surface area contributed by atoms with Gasteiger partial charge in [-0.3, -0.25) is 9.52 Å². The van der Waals surface area contributed by atoms with E-state index in [4.69, 9.17) is 11.6 Å². The van der Waals surface area contributed by atoms with E-state index in [1.54, 1.807) is 4.57 Å². The van der Waals surface area contributed by atoms with Crippen LogP contribution in [0.5, 0.6) is 0 Å². The van der Waals surface area contributed by atoms with Crippen molar-refractivity contribution < 1.29 is 27.1 Å². The summed E-state index contributed by atoms with van der Waals surface area (Å²) in [5, 5.41) is 12.0. The molecule has 2 aliphatic rings. The number of nitrogens with zero attached hydrogens (tertiary/aromatic N) is 2. The summed E-state index contributed by atoms with van der Waals surface area (Å²) in [6.07, 6.45) is 1.37. The summed E-state index contributed by atoms with van der Waals surface area (Å²) >= 11 is 6.43. The minimum absolute atomic E-state index is 0.0440. The molecule has 1 aromatic carbocycles. The average molecular weight is 475 g/mol. The number of anilines is 2. The molecule has 0 spiro atoms. The first kappa shape index (κ1) is 22.0. The molecule has 0 bridgehead atoms. The Hall–Kier alpha value is -2.21. The Balaban J connectivity index is 1.62. The predicted molar refractivity (Wildman–Crippen MR) is 111 cm³/mol. The van der Waals surface area contributed by atoms with E-state index in [0.29, 0.717) is 37.9 Å². The number of carbonyl (C=O) groups is 1. The first-order valence-corrected chi connectivity index (χ1v) is 11.6. The molecule has 1 amide bonds. The lowest BCUT2D eigenvalue weighted by Crippen LogP contribution is -2.42. The fraction of sp³-hybridized carbons (Fsp3) is 0.421. The third-order valence-corrected chi connectivity index (χ3v) is 7.37. The number of nitrogens with one attached hydrogen (secondary N) is 2. The van der Waals surface area contributed by atoms with Gasteiger partial charge in [0, 0.05) is 37.1 Å². The van der Waals surface area contributed by atoms with Crippen LogP contribution in [-0.4, -0.2) is 47.5 Å². The monoisotopic (exact) mass is 474 g/mol. The van der Waals surface area contributed by atoms with Gasteiger partial charge in [-0.25, -0.2) is 8.78 Å². The van der Waals surface area contributed by atoms with Crippen molar-refractivity contribution in [2.24, 2.45) is 0 Å². The number of benzene rings is 1. The molecule has 1 aromatic heterocycles. The van der Waals surface area contributed by atoms with Crippen LogP contribution >= 0.6 is 11.6 Å². The predicted octanol–water partition coefficient (Wildman–Crippen LogP) is 2.73. The number of aliphatic hydroxyl groups excluding tert-OH is 1. The molecule has 1 fully saturated rings. The molecule has 31 heavy (non-hydrogen) atoms. The average Bonchev–Trinajstić information content (AvgIpc) is 3.27. The molecule has 0 radical (unpaired) electrons. The summed E-state index contributed by atoms with van der Waals surface area (Å²) in [4.78, 5) is 12.9. The highest BCUT2D eigenvalue weighted by Gasteiger charge is 2.33. The second-order valence-electron chi connectivity index (χ2n) is 7.56. The smallest absolute Gasteiger partial charge is 0.301 e. The molecule has 3 N–H and O–H groups in total. The highest BCUT2D eigenvalue weighted by molar-refractivity contribution is 7.90. The minimum Gasteiger partial charge on any atom is -0.393 e. The number of fused-ring (bicyclic) bond motifs is 1. The summed E-state index contributed by atoms with van der Waals surface area (Å²) in [6, 6.07) is 2.96. The van der Waals surface area contributed by atoms with E-state index in [9.17, 15) is 27.1 Å². The highest BCUT2D eigenvalue weighted by atomic mass is 35.5. The van der Waals surface area contributed by atoms with Gasteiger partial charge in [-0.1, -0.05) is 11.6 Å². The second kappa shape index (κ2) is 8.38. The van der Waals surface area contributed by atoms with Crippen molar-refractivity contribution in [1.82, 2.24) is 8.87 Å². The Labute approximate surface area is 183 Å². The van der Waals surface area contributed by atoms with Crippen molar-refractivity contribution in [2.45, 2.75) is 38.3 Å². The molecule has 8 nitrogen and oxygen atoms in total. The molecule has 2 aromatic rings. The van der Waals surface area contributed by atoms with Crippen LogP contribution in [0.25, 0.3) is 0 Å². The topological polar surface area (TPSA) is 104 Å². The normalized spacial score (nSPS) is 17.5. The number of amides is 1. The molecule has 4 rings (SSSR count). The maximum Gasteiger partial charge on any atom is 0.301 e. The third-order valence-electron chi connectivity index (χ3n) is 5.49. The standard InChI is InChI=1S/C19H21ClF2N4O4S/c20-16-17(24-31(29,30)25-8-5-12(27)6-9-25)15-2-1-7-26(15)18(16)19(28)23-11-3-4-13(21)14(22)10-11/h3-4,10,12,24,27H,1-2,5-9H2,(H,23,28). The molecule has 168 valence electrons. The summed E-state index contributed by atoms with van der Waals surface area (Å²) in [7, 11) is -3.93. The zero-order valence-corrected chi connectivity index (χ0v) is 17.9. The number of aromatic nitrogens is 1. The molecule has 12 heteroatoms. The van der Waals surface area contributed by atoms with Crippen LogP contribution in [0.2, 0.25) is 5.02 Å². The molecule has 2 aliphatic heterocycles. The first-order chi connectivity index (χ1) is 14.7. The molecular formula is C19H21ClF2N4O4S. The van der Waals surface area contributed by atoms with Crippen LogP contribution in [0.15, 0.2) is 18.2 Å². The molecule has 1 saturated heterocycles. The van der Waals surface area contributed by atoms with E-state index in [2.05, 4.69) is 10.0 Å². The lowest BCUT2D eigenvalue weighted by Gasteiger charge is -2.29. The van der Waals surface area contributed by atoms with Crippen LogP contribution in [-0.2, 0) is 23.2 Å². The van der Waals surface area contributed by atoms with Gasteiger partial charge >= 0.3 is 10.2 Å². The zero-order valence-electron chi connectivity index (χ0n) is 16.4. The van der Waals surface area contributed by atoms with Crippen molar-refractivity contribution in [3.63, 3.8) is 0 Å². The molecule has 0 atom stereocenters. The lowest BCUT2D eigenvalue weighted by molar-refractivity contribution is 0.101. The van der Waals surface area contributed by atoms with E-state index < -0.39 is 33.9 Å². The number of piperidine rings is 1. The zero-order chi connectivity index (χ0) is 22.3. The molecule has 0 unspecified atom stereocenters. The van der Waals surface area contributed by atoms with Gasteiger partial charge in [0.2, 0.25) is 0 Å². The Morgan fingerprint density at radius 3 is 2.55 bits per heavy atom. The SMILES string of the molecule is O=C(Nc1ccc(F)c(F)c1)c1c(Cl)c(NS(=O)(=O)N2CCC(O)CC2)c2n1CCC2. The third kappa shape index (κ3) is 4.27. The molecule has 3 heterocycles. The fourth-order valence-corrected chi connectivity index (χ4v) is 5.61. The van der Waals surface area contributed by atoms with Crippen molar-refractivity contribution >= 4 is 39.1 Å². The van der Waals surface area contributed by atoms with Gasteiger partial charge in [-0.05, 0) is 37.8 Å². The molecule has 0 saturated carbocycles. The molecular weight excluding hydrogens is 454 g/mol. The van der Waals surface area contributed by atoms with Crippen LogP contribution in [0.4, 0.5) is 20.2 Å². The van der Waals surface area contributed by atoms with Gasteiger partial charge in [-0.2, -0.15) is 12.7 Å². The Morgan fingerprint density at radius 2 is 1.87 bits per heavy atom. The summed E-state index contributed by atoms with van der Waals surface area (Å²) < 4.78 is 57.7. The second-order valence-corrected chi connectivity index (χ2v) is 9.61. The van der Waals surface area contributed by atoms with Crippen molar-refractivity contribution in [3.05, 3.63) is 46.2 Å². The number of carbonyl (C=O) groups excluding carboxylic acids is 1. The summed E-state index contributed by atoms with van der Waals surface area (Å²) in [5.74, 6) is -2.81. The van der Waals surface area contributed by atoms with Crippen LogP contribution in [0.3, 0.4) is 0 Å². The summed E-state index contributed by atoms with van der Waals surface area (Å²) in [6.45, 7) is 0.814. The van der Waals surface area contributed by atoms with E-state index in [-0.39, 0.29) is 35.2 Å². The van der Waals surface area contributed by atoms with Gasteiger partial charge in [0.05, 0.1) is 16.8 Å². The first-order valence-electron chi connectivity index (χ1n) is 9.80. The Morgan fingerprint density at radius 1 is 1.16 bits per heavy atom. The maximum atomic E-state index is 13.5. The Bertz CT molecular complexity index is 1130. The number of rotatable bonds is 5. The van der Waals surface area contributed by atoms with Gasteiger partial charge in [0.15, 0.2) is 11.6 Å². The van der Waals surface area contributed by atoms with Gasteiger partial charge in [-0.15, -0.1) is 0 Å². The van der Waals surface area contributed by atoms with Crippen LogP contribution in [0, 0.1) is 11.6 Å². The largest absolute Gasteiger partial charge is 0.393 e. The van der Waals surface area contributed by atoms with Gasteiger partial charge in [0.25, 0.3) is 5.91 Å². The van der Waals surface area contributed by atoms with Gasteiger partial charge in [0.1, 0.15) is 5.69 Å². The van der Waals surface area contributed by atoms with Crippen molar-refractivity contribution in [1.29, 1.82) is 0 Å². The highest BCUT2D eigenvalue weighted by Crippen LogP contribution is 2.38. The number of halogens is 3.